The van der Waals surface area contributed by atoms with Gasteiger partial charge in [0.2, 0.25) is 0 Å². The second kappa shape index (κ2) is 5.97. The summed E-state index contributed by atoms with van der Waals surface area (Å²) in [6, 6.07) is 4.05. The van der Waals surface area contributed by atoms with Crippen molar-refractivity contribution < 1.29 is 22.7 Å². The van der Waals surface area contributed by atoms with Gasteiger partial charge in [-0.25, -0.2) is 4.79 Å². The highest BCUT2D eigenvalue weighted by Gasteiger charge is 2.31. The van der Waals surface area contributed by atoms with Gasteiger partial charge in [0.05, 0.1) is 18.2 Å². The van der Waals surface area contributed by atoms with Crippen LogP contribution in [0.15, 0.2) is 17.0 Å². The van der Waals surface area contributed by atoms with Crippen molar-refractivity contribution in [1.82, 2.24) is 0 Å². The number of hydrogen-bond donors (Lipinski definition) is 0. The number of benzene rings is 1. The molecular formula is C12H10F3NO2S. The first-order valence-electron chi connectivity index (χ1n) is 5.23. The van der Waals surface area contributed by atoms with Gasteiger partial charge in [-0.15, -0.1) is 0 Å². The van der Waals surface area contributed by atoms with Crippen LogP contribution in [-0.2, 0) is 11.2 Å². The maximum atomic E-state index is 12.4. The normalized spacial score (nSPS) is 10.9. The van der Waals surface area contributed by atoms with Crippen LogP contribution in [0.3, 0.4) is 0 Å². The second-order valence-corrected chi connectivity index (χ2v) is 4.62. The van der Waals surface area contributed by atoms with Gasteiger partial charge in [-0.2, -0.15) is 18.4 Å². The topological polar surface area (TPSA) is 50.1 Å². The fraction of sp³-hybridized carbons (Fsp3) is 0.333. The maximum absolute atomic E-state index is 12.4. The number of carbonyl (C=O) groups is 1. The third kappa shape index (κ3) is 3.89. The molecule has 0 saturated carbocycles. The van der Waals surface area contributed by atoms with Gasteiger partial charge in [-0.05, 0) is 35.9 Å². The van der Waals surface area contributed by atoms with Gasteiger partial charge in [0.15, 0.2) is 0 Å². The van der Waals surface area contributed by atoms with E-state index in [0.29, 0.717) is 12.0 Å². The summed E-state index contributed by atoms with van der Waals surface area (Å²) in [7, 11) is 1.15. The third-order valence-corrected chi connectivity index (χ3v) is 3.13. The van der Waals surface area contributed by atoms with Crippen molar-refractivity contribution in [2.75, 3.05) is 7.11 Å². The highest BCUT2D eigenvalue weighted by Crippen LogP contribution is 2.39. The molecule has 0 fully saturated rings. The molecule has 1 rings (SSSR count). The van der Waals surface area contributed by atoms with E-state index in [9.17, 15) is 18.0 Å². The molecule has 0 N–H and O–H groups in total. The highest BCUT2D eigenvalue weighted by molar-refractivity contribution is 8.00. The lowest BCUT2D eigenvalue weighted by atomic mass is 10.0. The number of methoxy groups -OCH3 is 1. The Kier molecular flexibility index (Phi) is 4.84. The lowest BCUT2D eigenvalue weighted by molar-refractivity contribution is -0.0328. The largest absolute Gasteiger partial charge is 0.465 e. The summed E-state index contributed by atoms with van der Waals surface area (Å²) in [5.41, 5.74) is -4.09. The summed E-state index contributed by atoms with van der Waals surface area (Å²) < 4.78 is 41.7. The Morgan fingerprint density at radius 1 is 1.47 bits per heavy atom. The number of alkyl halides is 3. The molecule has 0 aliphatic rings. The number of ether oxygens (including phenoxy) is 1. The molecule has 1 aromatic carbocycles. The van der Waals surface area contributed by atoms with Crippen molar-refractivity contribution in [3.8, 4) is 6.07 Å². The van der Waals surface area contributed by atoms with E-state index >= 15 is 0 Å². The molecule has 0 radical (unpaired) electrons. The van der Waals surface area contributed by atoms with E-state index in [2.05, 4.69) is 4.74 Å². The summed E-state index contributed by atoms with van der Waals surface area (Å²) in [5, 5.41) is 8.88. The van der Waals surface area contributed by atoms with Crippen LogP contribution in [0.25, 0.3) is 0 Å². The van der Waals surface area contributed by atoms with Crippen LogP contribution in [0.4, 0.5) is 13.2 Å². The minimum atomic E-state index is -4.52. The second-order valence-electron chi connectivity index (χ2n) is 3.51. The lowest BCUT2D eigenvalue weighted by Gasteiger charge is -2.12. The van der Waals surface area contributed by atoms with Gasteiger partial charge >= 0.3 is 11.5 Å². The number of halogens is 3. The average molecular weight is 289 g/mol. The zero-order valence-corrected chi connectivity index (χ0v) is 11.0. The van der Waals surface area contributed by atoms with E-state index in [0.717, 1.165) is 13.2 Å². The number of nitrogens with zero attached hydrogens (tertiary/aromatic N) is 1. The van der Waals surface area contributed by atoms with Crippen molar-refractivity contribution >= 4 is 17.7 Å². The fourth-order valence-electron chi connectivity index (χ4n) is 1.51. The van der Waals surface area contributed by atoms with E-state index in [1.54, 1.807) is 13.0 Å². The monoisotopic (exact) mass is 289 g/mol. The molecule has 0 saturated heterocycles. The van der Waals surface area contributed by atoms with Crippen molar-refractivity contribution in [2.24, 2.45) is 0 Å². The van der Waals surface area contributed by atoms with Crippen LogP contribution in [0.2, 0.25) is 0 Å². The molecule has 0 spiro atoms. The number of aryl methyl sites for hydroxylation is 1. The summed E-state index contributed by atoms with van der Waals surface area (Å²) in [4.78, 5) is 11.2. The molecule has 102 valence electrons. The molecule has 3 nitrogen and oxygen atoms in total. The molecule has 7 heteroatoms. The third-order valence-electron chi connectivity index (χ3n) is 2.34. The first kappa shape index (κ1) is 15.4. The van der Waals surface area contributed by atoms with Gasteiger partial charge in [0.25, 0.3) is 0 Å². The average Bonchev–Trinajstić information content (AvgIpc) is 2.35. The fourth-order valence-corrected chi connectivity index (χ4v) is 2.15. The number of esters is 1. The van der Waals surface area contributed by atoms with Crippen LogP contribution in [-0.4, -0.2) is 18.6 Å². The zero-order valence-electron chi connectivity index (χ0n) is 10.2. The molecule has 0 heterocycles. The standard InChI is InChI=1S/C12H10F3NO2S/c1-3-7-4-8(6-16)10(19-12(13,14)15)5-9(7)11(17)18-2/h4-5H,3H2,1-2H3. The van der Waals surface area contributed by atoms with Crippen LogP contribution in [0.5, 0.6) is 0 Å². The van der Waals surface area contributed by atoms with E-state index in [1.165, 1.54) is 6.07 Å². The van der Waals surface area contributed by atoms with Gasteiger partial charge in [-0.1, -0.05) is 6.92 Å². The van der Waals surface area contributed by atoms with Crippen LogP contribution >= 0.6 is 11.8 Å². The minimum absolute atomic E-state index is 0.0516. The lowest BCUT2D eigenvalue weighted by Crippen LogP contribution is -2.08. The molecule has 0 aliphatic heterocycles. The molecule has 0 amide bonds. The first-order chi connectivity index (χ1) is 8.82. The van der Waals surface area contributed by atoms with Crippen LogP contribution in [0.1, 0.15) is 28.4 Å². The first-order valence-corrected chi connectivity index (χ1v) is 6.05. The Hall–Kier alpha value is -1.68. The van der Waals surface area contributed by atoms with Crippen molar-refractivity contribution in [3.63, 3.8) is 0 Å². The van der Waals surface area contributed by atoms with Gasteiger partial charge in [-0.3, -0.25) is 0 Å². The number of rotatable bonds is 3. The quantitative estimate of drug-likeness (QED) is 0.631. The molecule has 0 atom stereocenters. The number of hydrogen-bond acceptors (Lipinski definition) is 4. The van der Waals surface area contributed by atoms with Crippen molar-refractivity contribution in [3.05, 3.63) is 28.8 Å². The summed E-state index contributed by atoms with van der Waals surface area (Å²) in [6.45, 7) is 1.74. The van der Waals surface area contributed by atoms with Gasteiger partial charge < -0.3 is 4.74 Å². The number of thioether (sulfide) groups is 1. The number of nitriles is 1. The smallest absolute Gasteiger partial charge is 0.446 e. The Morgan fingerprint density at radius 3 is 2.53 bits per heavy atom. The molecule has 0 aromatic heterocycles. The Bertz CT molecular complexity index is 535. The van der Waals surface area contributed by atoms with Crippen LogP contribution in [0, 0.1) is 11.3 Å². The van der Waals surface area contributed by atoms with Gasteiger partial charge in [0, 0.05) is 4.90 Å². The molecule has 0 unspecified atom stereocenters. The van der Waals surface area contributed by atoms with Crippen LogP contribution < -0.4 is 0 Å². The van der Waals surface area contributed by atoms with E-state index in [4.69, 9.17) is 5.26 Å². The predicted molar refractivity (Wildman–Crippen MR) is 63.8 cm³/mol. The summed E-state index contributed by atoms with van der Waals surface area (Å²) in [5.74, 6) is -0.717. The number of carbonyl (C=O) groups excluding carboxylic acids is 1. The Balaban J connectivity index is 3.38. The molecule has 0 aliphatic carbocycles. The summed E-state index contributed by atoms with van der Waals surface area (Å²) in [6.07, 6.45) is 0.413. The maximum Gasteiger partial charge on any atom is 0.446 e. The molecule has 19 heavy (non-hydrogen) atoms. The van der Waals surface area contributed by atoms with E-state index in [-0.39, 0.29) is 16.0 Å². The van der Waals surface area contributed by atoms with Crippen molar-refractivity contribution in [1.29, 1.82) is 5.26 Å². The van der Waals surface area contributed by atoms with E-state index < -0.39 is 23.2 Å². The Morgan fingerprint density at radius 2 is 2.11 bits per heavy atom. The molecule has 1 aromatic rings. The highest BCUT2D eigenvalue weighted by atomic mass is 32.2. The molecule has 0 bridgehead atoms. The zero-order chi connectivity index (χ0) is 14.6. The predicted octanol–water partition coefficient (Wildman–Crippen LogP) is 3.52. The summed E-state index contributed by atoms with van der Waals surface area (Å²) >= 11 is -0.417. The Labute approximate surface area is 112 Å². The molecular weight excluding hydrogens is 279 g/mol. The van der Waals surface area contributed by atoms with Crippen molar-refractivity contribution in [2.45, 2.75) is 23.7 Å². The SMILES string of the molecule is CCc1cc(C#N)c(SC(F)(F)F)cc1C(=O)OC. The minimum Gasteiger partial charge on any atom is -0.465 e. The van der Waals surface area contributed by atoms with E-state index in [1.807, 2.05) is 0 Å². The van der Waals surface area contributed by atoms with Gasteiger partial charge in [0.1, 0.15) is 6.07 Å².